The first kappa shape index (κ1) is 27.2. The van der Waals surface area contributed by atoms with Gasteiger partial charge < -0.3 is 4.90 Å². The molecule has 2 aromatic carbocycles. The predicted molar refractivity (Wildman–Crippen MR) is 157 cm³/mol. The van der Waals surface area contributed by atoms with Crippen LogP contribution in [0.3, 0.4) is 0 Å². The molecular formula is C34H36FN5O. The summed E-state index contributed by atoms with van der Waals surface area (Å²) in [6.07, 6.45) is 11.5. The Morgan fingerprint density at radius 3 is 2.54 bits per heavy atom. The van der Waals surface area contributed by atoms with Crippen LogP contribution in [-0.2, 0) is 5.41 Å². The number of allylic oxidation sites excluding steroid dienone is 2. The highest BCUT2D eigenvalue weighted by Crippen LogP contribution is 2.37. The zero-order valence-electron chi connectivity index (χ0n) is 23.5. The number of nitrogens with zero attached hydrogens (tertiary/aromatic N) is 5. The first-order valence-corrected chi connectivity index (χ1v) is 14.6. The zero-order chi connectivity index (χ0) is 28.4. The number of amides is 1. The topological polar surface area (TPSA) is 65.2 Å². The summed E-state index contributed by atoms with van der Waals surface area (Å²) in [7, 11) is 0. The second-order valence-electron chi connectivity index (χ2n) is 11.9. The third kappa shape index (κ3) is 5.62. The van der Waals surface area contributed by atoms with E-state index in [-0.39, 0.29) is 29.0 Å². The van der Waals surface area contributed by atoms with Gasteiger partial charge in [-0.3, -0.25) is 9.69 Å². The number of carbonyl (C=O) groups excluding carboxylic acids is 1. The highest BCUT2D eigenvalue weighted by Gasteiger charge is 2.39. The molecule has 210 valence electrons. The standard InChI is InChI=1S/C34H36FN5O/c1-34(28-5-3-2-4-6-28)17-20-39(24-34)33(41)31-22-37-40(30-13-11-29(35)12-14-30)32(31)27-15-18-38(19-16-27)23-26-9-7-25(21-36)8-10-26/h2-7,9-14,22,25,27H,8,15-20,23-24H2,1H3. The van der Waals surface area contributed by atoms with Crippen LogP contribution in [0.25, 0.3) is 5.69 Å². The number of piperidine rings is 1. The van der Waals surface area contributed by atoms with Gasteiger partial charge in [0.25, 0.3) is 5.91 Å². The fourth-order valence-corrected chi connectivity index (χ4v) is 6.58. The largest absolute Gasteiger partial charge is 0.338 e. The van der Waals surface area contributed by atoms with Crippen LogP contribution in [0.5, 0.6) is 0 Å². The number of hydrogen-bond donors (Lipinski definition) is 0. The second-order valence-corrected chi connectivity index (χ2v) is 11.9. The molecule has 41 heavy (non-hydrogen) atoms. The molecule has 1 amide bonds. The number of benzene rings is 2. The van der Waals surface area contributed by atoms with Crippen molar-refractivity contribution in [1.82, 2.24) is 19.6 Å². The molecule has 3 heterocycles. The Morgan fingerprint density at radius 1 is 1.10 bits per heavy atom. The van der Waals surface area contributed by atoms with Crippen LogP contribution in [-0.4, -0.2) is 58.2 Å². The summed E-state index contributed by atoms with van der Waals surface area (Å²) in [6, 6.07) is 19.1. The van der Waals surface area contributed by atoms with Gasteiger partial charge in [0.2, 0.25) is 0 Å². The SMILES string of the molecule is CC1(c2ccccc2)CCN(C(=O)c2cnn(-c3ccc(F)cc3)c2C2CCN(CC3=CCC(C#N)C=C3)CC2)C1. The predicted octanol–water partition coefficient (Wildman–Crippen LogP) is 6.02. The van der Waals surface area contributed by atoms with Crippen molar-refractivity contribution >= 4 is 5.91 Å². The van der Waals surface area contributed by atoms with Crippen molar-refractivity contribution in [2.24, 2.45) is 5.92 Å². The van der Waals surface area contributed by atoms with Crippen LogP contribution in [0.15, 0.2) is 84.6 Å². The fourth-order valence-electron chi connectivity index (χ4n) is 6.58. The van der Waals surface area contributed by atoms with E-state index in [2.05, 4.69) is 54.3 Å². The van der Waals surface area contributed by atoms with Crippen molar-refractivity contribution in [1.29, 1.82) is 5.26 Å². The van der Waals surface area contributed by atoms with Crippen molar-refractivity contribution < 1.29 is 9.18 Å². The quantitative estimate of drug-likeness (QED) is 0.377. The van der Waals surface area contributed by atoms with Crippen LogP contribution < -0.4 is 0 Å². The van der Waals surface area contributed by atoms with Gasteiger partial charge in [-0.2, -0.15) is 10.4 Å². The van der Waals surface area contributed by atoms with Gasteiger partial charge in [-0.15, -0.1) is 0 Å². The average Bonchev–Trinajstić information content (AvgIpc) is 3.64. The van der Waals surface area contributed by atoms with E-state index >= 15 is 0 Å². The molecule has 0 saturated carbocycles. The summed E-state index contributed by atoms with van der Waals surface area (Å²) < 4.78 is 15.6. The van der Waals surface area contributed by atoms with Gasteiger partial charge in [0.1, 0.15) is 5.82 Å². The molecule has 0 radical (unpaired) electrons. The smallest absolute Gasteiger partial charge is 0.257 e. The molecule has 0 N–H and O–H groups in total. The lowest BCUT2D eigenvalue weighted by Gasteiger charge is -2.33. The first-order chi connectivity index (χ1) is 19.9. The minimum Gasteiger partial charge on any atom is -0.338 e. The lowest BCUT2D eigenvalue weighted by molar-refractivity contribution is 0.0782. The van der Waals surface area contributed by atoms with Gasteiger partial charge in [-0.25, -0.2) is 9.07 Å². The Labute approximate surface area is 241 Å². The van der Waals surface area contributed by atoms with Crippen molar-refractivity contribution in [2.45, 2.75) is 43.9 Å². The van der Waals surface area contributed by atoms with Gasteiger partial charge in [0.15, 0.2) is 0 Å². The second kappa shape index (κ2) is 11.5. The molecule has 2 saturated heterocycles. The van der Waals surface area contributed by atoms with Crippen molar-refractivity contribution in [3.8, 4) is 11.8 Å². The average molecular weight is 550 g/mol. The van der Waals surface area contributed by atoms with Crippen LogP contribution in [0, 0.1) is 23.1 Å². The molecular weight excluding hydrogens is 513 g/mol. The Morgan fingerprint density at radius 2 is 1.85 bits per heavy atom. The summed E-state index contributed by atoms with van der Waals surface area (Å²) in [5.41, 5.74) is 4.80. The number of hydrogen-bond acceptors (Lipinski definition) is 4. The Balaban J connectivity index is 1.22. The fraction of sp³-hybridized carbons (Fsp3) is 0.382. The third-order valence-corrected chi connectivity index (χ3v) is 9.06. The molecule has 2 aliphatic heterocycles. The van der Waals surface area contributed by atoms with Crippen molar-refractivity contribution in [3.63, 3.8) is 0 Å². The summed E-state index contributed by atoms with van der Waals surface area (Å²) in [4.78, 5) is 18.5. The highest BCUT2D eigenvalue weighted by molar-refractivity contribution is 5.96. The van der Waals surface area contributed by atoms with E-state index < -0.39 is 0 Å². The maximum atomic E-state index is 14.1. The molecule has 0 spiro atoms. The van der Waals surface area contributed by atoms with Crippen molar-refractivity contribution in [3.05, 3.63) is 107 Å². The van der Waals surface area contributed by atoms with E-state index in [1.54, 1.807) is 18.3 Å². The van der Waals surface area contributed by atoms with E-state index in [0.29, 0.717) is 18.7 Å². The van der Waals surface area contributed by atoms with Crippen LogP contribution in [0.2, 0.25) is 0 Å². The van der Waals surface area contributed by atoms with Crippen LogP contribution >= 0.6 is 0 Å². The summed E-state index contributed by atoms with van der Waals surface area (Å²) in [5.74, 6) is -0.121. The Hall–Kier alpha value is -4.02. The zero-order valence-corrected chi connectivity index (χ0v) is 23.5. The lowest BCUT2D eigenvalue weighted by atomic mass is 9.82. The number of halogens is 1. The maximum absolute atomic E-state index is 14.1. The Kier molecular flexibility index (Phi) is 7.59. The molecule has 6 nitrogen and oxygen atoms in total. The number of likely N-dealkylation sites (tertiary alicyclic amines) is 2. The molecule has 3 aliphatic rings. The normalized spacial score (nSPS) is 23.4. The molecule has 2 atom stereocenters. The summed E-state index contributed by atoms with van der Waals surface area (Å²) >= 11 is 0. The van der Waals surface area contributed by atoms with E-state index in [1.165, 1.54) is 23.3 Å². The van der Waals surface area contributed by atoms with Gasteiger partial charge in [-0.05, 0) is 74.2 Å². The minimum absolute atomic E-state index is 0.0200. The van der Waals surface area contributed by atoms with Gasteiger partial charge in [0, 0.05) is 31.0 Å². The summed E-state index contributed by atoms with van der Waals surface area (Å²) in [6.45, 7) is 6.32. The first-order valence-electron chi connectivity index (χ1n) is 14.6. The maximum Gasteiger partial charge on any atom is 0.257 e. The number of nitriles is 1. The highest BCUT2D eigenvalue weighted by atomic mass is 19.1. The number of carbonyl (C=O) groups is 1. The molecule has 6 rings (SSSR count). The molecule has 2 unspecified atom stereocenters. The van der Waals surface area contributed by atoms with Crippen LogP contribution in [0.4, 0.5) is 4.39 Å². The van der Waals surface area contributed by atoms with Gasteiger partial charge in [0.05, 0.1) is 35.1 Å². The van der Waals surface area contributed by atoms with E-state index in [0.717, 1.165) is 56.7 Å². The number of rotatable bonds is 6. The molecule has 7 heteroatoms. The van der Waals surface area contributed by atoms with E-state index in [1.807, 2.05) is 21.7 Å². The minimum atomic E-state index is -0.295. The van der Waals surface area contributed by atoms with Gasteiger partial charge in [-0.1, -0.05) is 55.5 Å². The van der Waals surface area contributed by atoms with E-state index in [9.17, 15) is 9.18 Å². The molecule has 2 fully saturated rings. The lowest BCUT2D eigenvalue weighted by Crippen LogP contribution is -2.36. The monoisotopic (exact) mass is 549 g/mol. The Bertz CT molecular complexity index is 1490. The molecule has 0 bridgehead atoms. The molecule has 1 aromatic heterocycles. The van der Waals surface area contributed by atoms with E-state index in [4.69, 9.17) is 10.4 Å². The summed E-state index contributed by atoms with van der Waals surface area (Å²) in [5, 5.41) is 13.8. The molecule has 3 aromatic rings. The third-order valence-electron chi connectivity index (χ3n) is 9.06. The van der Waals surface area contributed by atoms with Crippen LogP contribution in [0.1, 0.15) is 60.1 Å². The van der Waals surface area contributed by atoms with Gasteiger partial charge >= 0.3 is 0 Å². The number of aromatic nitrogens is 2. The van der Waals surface area contributed by atoms with Crippen molar-refractivity contribution in [2.75, 3.05) is 32.7 Å². The molecule has 1 aliphatic carbocycles.